The Labute approximate surface area is 98.8 Å². The zero-order valence-corrected chi connectivity index (χ0v) is 10.1. The van der Waals surface area contributed by atoms with Gasteiger partial charge in [-0.2, -0.15) is 5.26 Å². The molecular weight excluding hydrogens is 220 g/mol. The number of imidazole rings is 1. The van der Waals surface area contributed by atoms with Gasteiger partial charge in [-0.1, -0.05) is 6.92 Å². The fourth-order valence-corrected chi connectivity index (χ4v) is 2.43. The van der Waals surface area contributed by atoms with Crippen molar-refractivity contribution < 1.29 is 0 Å². The van der Waals surface area contributed by atoms with Gasteiger partial charge in [-0.25, -0.2) is 4.98 Å². The first-order valence-corrected chi connectivity index (χ1v) is 6.22. The van der Waals surface area contributed by atoms with Gasteiger partial charge in [0.05, 0.1) is 18.3 Å². The van der Waals surface area contributed by atoms with Crippen molar-refractivity contribution in [2.24, 2.45) is 0 Å². The molecule has 0 radical (unpaired) electrons. The van der Waals surface area contributed by atoms with E-state index in [4.69, 9.17) is 5.26 Å². The lowest BCUT2D eigenvalue weighted by Crippen LogP contribution is -2.24. The zero-order chi connectivity index (χ0) is 11.4. The molecule has 0 unspecified atom stereocenters. The molecule has 0 aliphatic carbocycles. The number of hydrogen-bond donors (Lipinski definition) is 0. The van der Waals surface area contributed by atoms with Crippen molar-refractivity contribution in [2.45, 2.75) is 19.9 Å². The minimum atomic E-state index is 0.471. The summed E-state index contributed by atoms with van der Waals surface area (Å²) in [5.74, 6) is 0. The molecule has 0 aliphatic rings. The Morgan fingerprint density at radius 1 is 1.62 bits per heavy atom. The lowest BCUT2D eigenvalue weighted by Gasteiger charge is -2.16. The van der Waals surface area contributed by atoms with E-state index < -0.39 is 0 Å². The van der Waals surface area contributed by atoms with Gasteiger partial charge in [0.15, 0.2) is 4.96 Å². The fraction of sp³-hybridized carbons (Fsp3) is 0.455. The maximum absolute atomic E-state index is 8.73. The lowest BCUT2D eigenvalue weighted by atomic mass is 10.3. The van der Waals surface area contributed by atoms with Gasteiger partial charge in [0.2, 0.25) is 0 Å². The van der Waals surface area contributed by atoms with Gasteiger partial charge < -0.3 is 0 Å². The van der Waals surface area contributed by atoms with Gasteiger partial charge in [-0.05, 0) is 13.0 Å². The predicted octanol–water partition coefficient (Wildman–Crippen LogP) is 2.13. The number of nitriles is 1. The van der Waals surface area contributed by atoms with Crippen molar-refractivity contribution in [2.75, 3.05) is 13.1 Å². The molecular formula is C11H14N4S. The van der Waals surface area contributed by atoms with Crippen LogP contribution in [0.1, 0.15) is 19.0 Å². The molecule has 84 valence electrons. The van der Waals surface area contributed by atoms with E-state index in [1.807, 2.05) is 22.2 Å². The summed E-state index contributed by atoms with van der Waals surface area (Å²) < 4.78 is 2.02. The molecule has 0 bridgehead atoms. The third-order valence-corrected chi connectivity index (χ3v) is 3.13. The van der Waals surface area contributed by atoms with Crippen molar-refractivity contribution in [3.8, 4) is 6.07 Å². The highest BCUT2D eigenvalue weighted by Crippen LogP contribution is 2.12. The summed E-state index contributed by atoms with van der Waals surface area (Å²) in [6.07, 6.45) is 5.10. The van der Waals surface area contributed by atoms with Crippen LogP contribution in [0.5, 0.6) is 0 Å². The second-order valence-corrected chi connectivity index (χ2v) is 4.57. The highest BCUT2D eigenvalue weighted by Gasteiger charge is 2.08. The minimum absolute atomic E-state index is 0.471. The van der Waals surface area contributed by atoms with Crippen LogP contribution < -0.4 is 0 Å². The summed E-state index contributed by atoms with van der Waals surface area (Å²) >= 11 is 1.63. The molecule has 0 aromatic carbocycles. The van der Waals surface area contributed by atoms with Gasteiger partial charge in [0.1, 0.15) is 0 Å². The maximum Gasteiger partial charge on any atom is 0.193 e. The van der Waals surface area contributed by atoms with Gasteiger partial charge in [-0.3, -0.25) is 9.30 Å². The smallest absolute Gasteiger partial charge is 0.193 e. The van der Waals surface area contributed by atoms with Crippen molar-refractivity contribution in [3.05, 3.63) is 23.5 Å². The van der Waals surface area contributed by atoms with Crippen LogP contribution >= 0.6 is 11.3 Å². The van der Waals surface area contributed by atoms with Crippen LogP contribution in [0.3, 0.4) is 0 Å². The fourth-order valence-electron chi connectivity index (χ4n) is 1.71. The normalized spacial score (nSPS) is 11.1. The number of rotatable bonds is 5. The first-order chi connectivity index (χ1) is 7.83. The number of nitrogens with zero attached hydrogens (tertiary/aromatic N) is 4. The molecule has 0 atom stereocenters. The van der Waals surface area contributed by atoms with Gasteiger partial charge >= 0.3 is 0 Å². The average Bonchev–Trinajstić information content (AvgIpc) is 2.78. The quantitative estimate of drug-likeness (QED) is 0.744. The molecule has 0 aliphatic heterocycles. The third-order valence-electron chi connectivity index (χ3n) is 2.36. The first-order valence-electron chi connectivity index (χ1n) is 5.34. The van der Waals surface area contributed by atoms with Crippen LogP contribution in [0.25, 0.3) is 4.96 Å². The molecule has 0 saturated carbocycles. The SMILES string of the molecule is CCCN(CC#N)Cc1cn2ccsc2n1. The Morgan fingerprint density at radius 3 is 3.19 bits per heavy atom. The van der Waals surface area contributed by atoms with Crippen molar-refractivity contribution >= 4 is 16.3 Å². The first kappa shape index (κ1) is 11.1. The summed E-state index contributed by atoms with van der Waals surface area (Å²) in [6, 6.07) is 2.19. The Balaban J connectivity index is 2.07. The van der Waals surface area contributed by atoms with E-state index in [2.05, 4.69) is 22.9 Å². The van der Waals surface area contributed by atoms with E-state index in [-0.39, 0.29) is 0 Å². The van der Waals surface area contributed by atoms with Crippen molar-refractivity contribution in [3.63, 3.8) is 0 Å². The summed E-state index contributed by atoms with van der Waals surface area (Å²) in [7, 11) is 0. The van der Waals surface area contributed by atoms with E-state index >= 15 is 0 Å². The Hall–Kier alpha value is -1.38. The molecule has 2 heterocycles. The molecule has 0 amide bonds. The Bertz CT molecular complexity index is 465. The molecule has 2 rings (SSSR count). The van der Waals surface area contributed by atoms with E-state index in [1.54, 1.807) is 11.3 Å². The Morgan fingerprint density at radius 2 is 2.50 bits per heavy atom. The molecule has 0 spiro atoms. The molecule has 5 heteroatoms. The minimum Gasteiger partial charge on any atom is -0.297 e. The Kier molecular flexibility index (Phi) is 3.54. The van der Waals surface area contributed by atoms with Crippen LogP contribution in [0.2, 0.25) is 0 Å². The highest BCUT2D eigenvalue weighted by atomic mass is 32.1. The van der Waals surface area contributed by atoms with Crippen LogP contribution in [0.15, 0.2) is 17.8 Å². The number of aromatic nitrogens is 2. The second-order valence-electron chi connectivity index (χ2n) is 3.69. The number of hydrogen-bond acceptors (Lipinski definition) is 4. The number of thiazole rings is 1. The van der Waals surface area contributed by atoms with Crippen LogP contribution in [-0.4, -0.2) is 27.4 Å². The standard InChI is InChI=1S/C11H14N4S/c1-2-4-14(5-3-12)8-10-9-15-6-7-16-11(15)13-10/h6-7,9H,2,4-5,8H2,1H3. The maximum atomic E-state index is 8.73. The molecule has 0 N–H and O–H groups in total. The van der Waals surface area contributed by atoms with Gasteiger partial charge in [-0.15, -0.1) is 11.3 Å². The second kappa shape index (κ2) is 5.10. The van der Waals surface area contributed by atoms with E-state index in [0.717, 1.165) is 30.2 Å². The number of fused-ring (bicyclic) bond motifs is 1. The zero-order valence-electron chi connectivity index (χ0n) is 9.26. The lowest BCUT2D eigenvalue weighted by molar-refractivity contribution is 0.295. The third kappa shape index (κ3) is 2.40. The molecule has 2 aromatic rings. The topological polar surface area (TPSA) is 44.3 Å². The molecule has 2 aromatic heterocycles. The predicted molar refractivity (Wildman–Crippen MR) is 64.3 cm³/mol. The molecule has 4 nitrogen and oxygen atoms in total. The molecule has 16 heavy (non-hydrogen) atoms. The van der Waals surface area contributed by atoms with E-state index in [1.165, 1.54) is 0 Å². The van der Waals surface area contributed by atoms with Crippen LogP contribution in [-0.2, 0) is 6.54 Å². The summed E-state index contributed by atoms with van der Waals surface area (Å²) in [5.41, 5.74) is 1.04. The van der Waals surface area contributed by atoms with E-state index in [0.29, 0.717) is 6.54 Å². The summed E-state index contributed by atoms with van der Waals surface area (Å²) in [5, 5.41) is 10.7. The molecule has 0 fully saturated rings. The van der Waals surface area contributed by atoms with Gasteiger partial charge in [0, 0.05) is 24.3 Å². The molecule has 0 saturated heterocycles. The highest BCUT2D eigenvalue weighted by molar-refractivity contribution is 7.15. The van der Waals surface area contributed by atoms with Crippen LogP contribution in [0.4, 0.5) is 0 Å². The average molecular weight is 234 g/mol. The monoisotopic (exact) mass is 234 g/mol. The largest absolute Gasteiger partial charge is 0.297 e. The van der Waals surface area contributed by atoms with Gasteiger partial charge in [0.25, 0.3) is 0 Å². The van der Waals surface area contributed by atoms with Crippen LogP contribution in [0, 0.1) is 11.3 Å². The summed E-state index contributed by atoms with van der Waals surface area (Å²) in [4.78, 5) is 7.64. The van der Waals surface area contributed by atoms with Crippen molar-refractivity contribution in [1.82, 2.24) is 14.3 Å². The van der Waals surface area contributed by atoms with Crippen molar-refractivity contribution in [1.29, 1.82) is 5.26 Å². The summed E-state index contributed by atoms with van der Waals surface area (Å²) in [6.45, 7) is 4.30. The van der Waals surface area contributed by atoms with E-state index in [9.17, 15) is 0 Å².